The minimum Gasteiger partial charge on any atom is -0.493 e. The van der Waals surface area contributed by atoms with Crippen LogP contribution in [0.2, 0.25) is 0 Å². The van der Waals surface area contributed by atoms with Crippen molar-refractivity contribution in [3.63, 3.8) is 0 Å². The Kier molecular flexibility index (Phi) is 6.92. The lowest BCUT2D eigenvalue weighted by Crippen LogP contribution is -2.35. The summed E-state index contributed by atoms with van der Waals surface area (Å²) >= 11 is 1.35. The lowest BCUT2D eigenvalue weighted by molar-refractivity contribution is -0.114. The maximum atomic E-state index is 12.8. The van der Waals surface area contributed by atoms with Crippen LogP contribution in [0.5, 0.6) is 23.0 Å². The summed E-state index contributed by atoms with van der Waals surface area (Å²) in [4.78, 5) is 31.9. The Morgan fingerprint density at radius 1 is 1.09 bits per heavy atom. The number of benzene rings is 2. The molecule has 4 rings (SSSR count). The molecule has 35 heavy (non-hydrogen) atoms. The van der Waals surface area contributed by atoms with Gasteiger partial charge < -0.3 is 18.9 Å². The van der Waals surface area contributed by atoms with Gasteiger partial charge in [0.05, 0.1) is 32.0 Å². The van der Waals surface area contributed by atoms with Crippen molar-refractivity contribution >= 4 is 40.7 Å². The zero-order valence-corrected chi connectivity index (χ0v) is 20.4. The first-order chi connectivity index (χ1) is 16.8. The average Bonchev–Trinajstić information content (AvgIpc) is 3.23. The van der Waals surface area contributed by atoms with Crippen molar-refractivity contribution in [2.75, 3.05) is 20.8 Å². The second-order valence-corrected chi connectivity index (χ2v) is 8.63. The van der Waals surface area contributed by atoms with Crippen LogP contribution < -0.4 is 18.9 Å². The molecule has 180 valence electrons. The number of nitrogens with one attached hydrogen (secondary N) is 1. The molecule has 2 aliphatic heterocycles. The highest BCUT2D eigenvalue weighted by Crippen LogP contribution is 2.34. The summed E-state index contributed by atoms with van der Waals surface area (Å²) < 4.78 is 21.7. The number of carbonyl (C=O) groups is 2. The van der Waals surface area contributed by atoms with E-state index in [4.69, 9.17) is 24.4 Å². The number of fused-ring (bicyclic) bond motifs is 1. The molecule has 0 saturated carbocycles. The SMILES string of the molecule is CCOc1cc(C=C2C(=N)N3C=C(C)SC3=NC2=O)ccc1OC(=O)c1ccc(OC)c(OC)c1. The van der Waals surface area contributed by atoms with Gasteiger partial charge in [-0.1, -0.05) is 17.8 Å². The first-order valence-electron chi connectivity index (χ1n) is 10.6. The van der Waals surface area contributed by atoms with E-state index >= 15 is 0 Å². The summed E-state index contributed by atoms with van der Waals surface area (Å²) in [6.45, 7) is 4.03. The molecule has 1 amide bonds. The summed E-state index contributed by atoms with van der Waals surface area (Å²) in [6, 6.07) is 9.62. The summed E-state index contributed by atoms with van der Waals surface area (Å²) in [6.07, 6.45) is 3.34. The maximum Gasteiger partial charge on any atom is 0.343 e. The summed E-state index contributed by atoms with van der Waals surface area (Å²) in [5.74, 6) is 0.397. The fourth-order valence-corrected chi connectivity index (χ4v) is 4.27. The zero-order chi connectivity index (χ0) is 25.1. The predicted octanol–water partition coefficient (Wildman–Crippen LogP) is 4.49. The number of amides is 1. The van der Waals surface area contributed by atoms with E-state index < -0.39 is 11.9 Å². The number of aliphatic imine (C=N–C) groups is 1. The standard InChI is InChI=1S/C25H23N3O6S/c1-5-33-21-11-15(10-17-22(26)28-13-14(2)35-25(28)27-23(17)29)6-8-19(21)34-24(30)16-7-9-18(31-3)20(12-16)32-4/h6-13,26H,5H2,1-4H3. The van der Waals surface area contributed by atoms with Crippen molar-refractivity contribution in [2.45, 2.75) is 13.8 Å². The van der Waals surface area contributed by atoms with Crippen molar-refractivity contribution in [3.05, 3.63) is 64.2 Å². The minimum atomic E-state index is -0.599. The zero-order valence-electron chi connectivity index (χ0n) is 19.6. The molecular formula is C25H23N3O6S. The van der Waals surface area contributed by atoms with Crippen molar-refractivity contribution in [3.8, 4) is 23.0 Å². The molecule has 2 aliphatic rings. The first-order valence-corrected chi connectivity index (χ1v) is 11.5. The molecule has 2 heterocycles. The number of nitrogens with zero attached hydrogens (tertiary/aromatic N) is 2. The van der Waals surface area contributed by atoms with Crippen LogP contribution in [0.3, 0.4) is 0 Å². The number of methoxy groups -OCH3 is 2. The van der Waals surface area contributed by atoms with E-state index in [0.29, 0.717) is 34.6 Å². The molecule has 0 unspecified atom stereocenters. The molecule has 0 saturated heterocycles. The lowest BCUT2D eigenvalue weighted by atomic mass is 10.1. The van der Waals surface area contributed by atoms with Crippen LogP contribution in [0.15, 0.2) is 58.1 Å². The number of hydrogen-bond acceptors (Lipinski definition) is 8. The Balaban J connectivity index is 1.61. The molecular weight excluding hydrogens is 470 g/mol. The van der Waals surface area contributed by atoms with Crippen molar-refractivity contribution in [1.29, 1.82) is 5.41 Å². The van der Waals surface area contributed by atoms with Crippen LogP contribution in [0.1, 0.15) is 29.8 Å². The molecule has 2 aromatic rings. The molecule has 0 aromatic heterocycles. The molecule has 0 aliphatic carbocycles. The summed E-state index contributed by atoms with van der Waals surface area (Å²) in [5.41, 5.74) is 1.02. The van der Waals surface area contributed by atoms with Gasteiger partial charge in [0.25, 0.3) is 5.91 Å². The monoisotopic (exact) mass is 493 g/mol. The van der Waals surface area contributed by atoms with Gasteiger partial charge in [0.1, 0.15) is 5.84 Å². The van der Waals surface area contributed by atoms with E-state index in [1.54, 1.807) is 54.4 Å². The van der Waals surface area contributed by atoms with Gasteiger partial charge in [-0.15, -0.1) is 0 Å². The second-order valence-electron chi connectivity index (χ2n) is 7.42. The van der Waals surface area contributed by atoms with Gasteiger partial charge in [-0.2, -0.15) is 4.99 Å². The van der Waals surface area contributed by atoms with Crippen LogP contribution in [0, 0.1) is 5.41 Å². The molecule has 0 atom stereocenters. The summed E-state index contributed by atoms with van der Waals surface area (Å²) in [5, 5.41) is 8.92. The molecule has 9 nitrogen and oxygen atoms in total. The smallest absolute Gasteiger partial charge is 0.343 e. The number of hydrogen-bond donors (Lipinski definition) is 1. The van der Waals surface area contributed by atoms with Gasteiger partial charge in [0.15, 0.2) is 28.2 Å². The Hall–Kier alpha value is -4.05. The van der Waals surface area contributed by atoms with Gasteiger partial charge in [-0.05, 0) is 55.8 Å². The lowest BCUT2D eigenvalue weighted by Gasteiger charge is -2.22. The predicted molar refractivity (Wildman–Crippen MR) is 133 cm³/mol. The van der Waals surface area contributed by atoms with Crippen molar-refractivity contribution in [1.82, 2.24) is 4.90 Å². The van der Waals surface area contributed by atoms with E-state index in [2.05, 4.69) is 4.99 Å². The van der Waals surface area contributed by atoms with Gasteiger partial charge in [-0.25, -0.2) is 4.79 Å². The molecule has 0 fully saturated rings. The van der Waals surface area contributed by atoms with Crippen molar-refractivity contribution in [2.24, 2.45) is 4.99 Å². The van der Waals surface area contributed by atoms with Gasteiger partial charge in [0, 0.05) is 11.1 Å². The van der Waals surface area contributed by atoms with E-state index in [9.17, 15) is 9.59 Å². The topological polar surface area (TPSA) is 111 Å². The second kappa shape index (κ2) is 10.1. The highest BCUT2D eigenvalue weighted by atomic mass is 32.2. The van der Waals surface area contributed by atoms with Crippen LogP contribution in [-0.4, -0.2) is 48.6 Å². The van der Waals surface area contributed by atoms with Gasteiger partial charge in [-0.3, -0.25) is 15.1 Å². The molecule has 0 bridgehead atoms. The van der Waals surface area contributed by atoms with Crippen LogP contribution in [0.4, 0.5) is 0 Å². The minimum absolute atomic E-state index is 0.0475. The largest absolute Gasteiger partial charge is 0.493 e. The molecule has 0 radical (unpaired) electrons. The molecule has 1 N–H and O–H groups in total. The highest BCUT2D eigenvalue weighted by Gasteiger charge is 2.32. The quantitative estimate of drug-likeness (QED) is 0.341. The highest BCUT2D eigenvalue weighted by molar-refractivity contribution is 8.17. The van der Waals surface area contributed by atoms with Crippen molar-refractivity contribution < 1.29 is 28.5 Å². The number of allylic oxidation sites excluding steroid dienone is 1. The van der Waals surface area contributed by atoms with Crippen LogP contribution in [0.25, 0.3) is 6.08 Å². The molecule has 2 aromatic carbocycles. The van der Waals surface area contributed by atoms with Gasteiger partial charge >= 0.3 is 5.97 Å². The number of ether oxygens (including phenoxy) is 4. The van der Waals surface area contributed by atoms with E-state index in [-0.39, 0.29) is 22.7 Å². The van der Waals surface area contributed by atoms with Gasteiger partial charge in [0.2, 0.25) is 0 Å². The fourth-order valence-electron chi connectivity index (χ4n) is 3.46. The maximum absolute atomic E-state index is 12.8. The Labute approximate surface area is 206 Å². The molecule has 0 spiro atoms. The number of esters is 1. The average molecular weight is 494 g/mol. The van der Waals surface area contributed by atoms with Crippen LogP contribution in [-0.2, 0) is 4.79 Å². The number of carbonyl (C=O) groups excluding carboxylic acids is 2. The first kappa shape index (κ1) is 24.1. The third kappa shape index (κ3) is 4.92. The van der Waals surface area contributed by atoms with Crippen LogP contribution >= 0.6 is 11.8 Å². The Morgan fingerprint density at radius 2 is 1.83 bits per heavy atom. The molecule has 10 heteroatoms. The van der Waals surface area contributed by atoms with E-state index in [0.717, 1.165) is 4.91 Å². The number of thioether (sulfide) groups is 1. The fraction of sp³-hybridized carbons (Fsp3) is 0.200. The third-order valence-electron chi connectivity index (χ3n) is 5.09. The Bertz CT molecular complexity index is 1310. The van der Waals surface area contributed by atoms with E-state index in [1.165, 1.54) is 32.0 Å². The number of amidine groups is 2. The number of rotatable bonds is 7. The normalized spacial score (nSPS) is 16.0. The summed E-state index contributed by atoms with van der Waals surface area (Å²) in [7, 11) is 2.99. The van der Waals surface area contributed by atoms with E-state index in [1.807, 2.05) is 6.92 Å². The third-order valence-corrected chi connectivity index (χ3v) is 5.99. The Morgan fingerprint density at radius 3 is 2.54 bits per heavy atom.